The van der Waals surface area contributed by atoms with Gasteiger partial charge in [-0.1, -0.05) is 19.3 Å². The number of hydrogen-bond acceptors (Lipinski definition) is 7. The van der Waals surface area contributed by atoms with Crippen molar-refractivity contribution in [3.63, 3.8) is 0 Å². The first-order valence-electron chi connectivity index (χ1n) is 11.1. The van der Waals surface area contributed by atoms with Gasteiger partial charge in [0.2, 0.25) is 5.91 Å². The van der Waals surface area contributed by atoms with E-state index in [1.807, 2.05) is 6.92 Å². The summed E-state index contributed by atoms with van der Waals surface area (Å²) in [5, 5.41) is 21.7. The lowest BCUT2D eigenvalue weighted by molar-refractivity contribution is -0.159. The molecule has 10 heteroatoms. The van der Waals surface area contributed by atoms with Crippen molar-refractivity contribution < 1.29 is 34.1 Å². The number of thiophene rings is 1. The molecule has 9 nitrogen and oxygen atoms in total. The van der Waals surface area contributed by atoms with Crippen LogP contribution < -0.4 is 10.6 Å². The molecule has 32 heavy (non-hydrogen) atoms. The molecule has 0 atom stereocenters. The number of carbonyl (C=O) groups is 4. The van der Waals surface area contributed by atoms with Crippen molar-refractivity contribution in [2.45, 2.75) is 64.7 Å². The number of nitrogens with one attached hydrogen (secondary N) is 2. The van der Waals surface area contributed by atoms with Gasteiger partial charge in [-0.25, -0.2) is 14.4 Å². The highest BCUT2D eigenvalue weighted by atomic mass is 32.1. The summed E-state index contributed by atoms with van der Waals surface area (Å²) in [4.78, 5) is 44.2. The Hall–Kier alpha value is -2.46. The number of carbonyl (C=O) groups excluding carboxylic acids is 2. The van der Waals surface area contributed by atoms with Crippen LogP contribution in [-0.2, 0) is 32.0 Å². The number of fused-ring (bicyclic) bond motifs is 1. The Morgan fingerprint density at radius 3 is 2.28 bits per heavy atom. The minimum absolute atomic E-state index is 0.0787. The molecule has 0 radical (unpaired) electrons. The number of aliphatic carboxylic acids is 2. The van der Waals surface area contributed by atoms with Crippen LogP contribution in [0.4, 0.5) is 5.00 Å². The van der Waals surface area contributed by atoms with Gasteiger partial charge in [0.05, 0.1) is 18.7 Å². The third kappa shape index (κ3) is 7.90. The van der Waals surface area contributed by atoms with Crippen LogP contribution >= 0.6 is 11.3 Å². The summed E-state index contributed by atoms with van der Waals surface area (Å²) in [6.07, 6.45) is 10.6. The van der Waals surface area contributed by atoms with E-state index >= 15 is 0 Å². The van der Waals surface area contributed by atoms with Crippen LogP contribution in [0.1, 0.15) is 72.7 Å². The smallest absolute Gasteiger partial charge is 0.414 e. The Bertz CT molecular complexity index is 803. The van der Waals surface area contributed by atoms with E-state index in [0.717, 1.165) is 37.8 Å². The van der Waals surface area contributed by atoms with Crippen molar-refractivity contribution >= 4 is 40.2 Å². The first-order valence-corrected chi connectivity index (χ1v) is 11.9. The molecule has 0 aromatic carbocycles. The monoisotopic (exact) mass is 468 g/mol. The molecule has 1 fully saturated rings. The normalized spacial score (nSPS) is 15.7. The molecule has 0 unspecified atom stereocenters. The number of rotatable bonds is 7. The maximum Gasteiger partial charge on any atom is 0.414 e. The number of hydrogen-bond donors (Lipinski definition) is 4. The molecule has 1 amide bonds. The first-order chi connectivity index (χ1) is 15.3. The molecule has 0 spiro atoms. The average Bonchev–Trinajstić information content (AvgIpc) is 3.12. The largest absolute Gasteiger partial charge is 0.473 e. The molecule has 4 N–H and O–H groups in total. The molecule has 0 aliphatic heterocycles. The highest BCUT2D eigenvalue weighted by Gasteiger charge is 2.27. The van der Waals surface area contributed by atoms with Crippen LogP contribution in [0.5, 0.6) is 0 Å². The van der Waals surface area contributed by atoms with Gasteiger partial charge in [-0.2, -0.15) is 0 Å². The zero-order chi connectivity index (χ0) is 23.5. The maximum atomic E-state index is 12.4. The van der Waals surface area contributed by atoms with E-state index in [1.165, 1.54) is 37.0 Å². The average molecular weight is 469 g/mol. The van der Waals surface area contributed by atoms with Crippen molar-refractivity contribution in [1.82, 2.24) is 5.32 Å². The molecular formula is C22H32N2O7S. The van der Waals surface area contributed by atoms with E-state index in [1.54, 1.807) is 11.3 Å². The van der Waals surface area contributed by atoms with Gasteiger partial charge in [0, 0.05) is 4.88 Å². The SMILES string of the molecule is CCOC(=O)c1c(NC(=O)CNCC2CCCCC2)sc2c1CCCC2.O=C(O)C(=O)O. The van der Waals surface area contributed by atoms with Gasteiger partial charge in [-0.05, 0) is 63.5 Å². The number of esters is 1. The summed E-state index contributed by atoms with van der Waals surface area (Å²) >= 11 is 1.55. The van der Waals surface area contributed by atoms with Crippen LogP contribution in [0.3, 0.4) is 0 Å². The molecular weight excluding hydrogens is 436 g/mol. The summed E-state index contributed by atoms with van der Waals surface area (Å²) < 4.78 is 5.24. The number of carboxylic acid groups (broad SMARTS) is 2. The second kappa shape index (κ2) is 13.2. The molecule has 178 valence electrons. The van der Waals surface area contributed by atoms with Gasteiger partial charge in [0.15, 0.2) is 0 Å². The van der Waals surface area contributed by atoms with E-state index in [9.17, 15) is 9.59 Å². The van der Waals surface area contributed by atoms with Crippen molar-refractivity contribution in [1.29, 1.82) is 0 Å². The topological polar surface area (TPSA) is 142 Å². The summed E-state index contributed by atoms with van der Waals surface area (Å²) in [7, 11) is 0. The second-order valence-electron chi connectivity index (χ2n) is 7.93. The van der Waals surface area contributed by atoms with Gasteiger partial charge >= 0.3 is 17.9 Å². The zero-order valence-corrected chi connectivity index (χ0v) is 19.2. The molecule has 1 aromatic heterocycles. The number of amides is 1. The quantitative estimate of drug-likeness (QED) is 0.353. The van der Waals surface area contributed by atoms with E-state index in [0.29, 0.717) is 29.6 Å². The van der Waals surface area contributed by atoms with Gasteiger partial charge in [0.25, 0.3) is 0 Å². The minimum atomic E-state index is -1.82. The van der Waals surface area contributed by atoms with Gasteiger partial charge in [0.1, 0.15) is 5.00 Å². The van der Waals surface area contributed by atoms with Crippen LogP contribution in [-0.4, -0.2) is 53.7 Å². The lowest BCUT2D eigenvalue weighted by Gasteiger charge is -2.21. The molecule has 1 aromatic rings. The molecule has 0 bridgehead atoms. The van der Waals surface area contributed by atoms with Crippen molar-refractivity contribution in [2.75, 3.05) is 25.0 Å². The highest BCUT2D eigenvalue weighted by Crippen LogP contribution is 2.38. The molecule has 2 aliphatic rings. The van der Waals surface area contributed by atoms with E-state index < -0.39 is 11.9 Å². The Morgan fingerprint density at radius 1 is 1.00 bits per heavy atom. The number of carboxylic acids is 2. The molecule has 3 rings (SSSR count). The predicted octanol–water partition coefficient (Wildman–Crippen LogP) is 3.07. The lowest BCUT2D eigenvalue weighted by Crippen LogP contribution is -2.32. The van der Waals surface area contributed by atoms with Crippen molar-refractivity contribution in [2.24, 2.45) is 5.92 Å². The summed E-state index contributed by atoms with van der Waals surface area (Å²) in [5.74, 6) is -3.34. The third-order valence-corrected chi connectivity index (χ3v) is 6.74. The van der Waals surface area contributed by atoms with Crippen molar-refractivity contribution in [3.05, 3.63) is 16.0 Å². The van der Waals surface area contributed by atoms with Crippen LogP contribution in [0, 0.1) is 5.92 Å². The highest BCUT2D eigenvalue weighted by molar-refractivity contribution is 7.17. The molecule has 1 heterocycles. The van der Waals surface area contributed by atoms with Crippen LogP contribution in [0.2, 0.25) is 0 Å². The van der Waals surface area contributed by atoms with E-state index in [2.05, 4.69) is 10.6 Å². The predicted molar refractivity (Wildman–Crippen MR) is 120 cm³/mol. The van der Waals surface area contributed by atoms with Crippen LogP contribution in [0.15, 0.2) is 0 Å². The Morgan fingerprint density at radius 2 is 1.66 bits per heavy atom. The fourth-order valence-corrected chi connectivity index (χ4v) is 5.32. The molecule has 1 saturated carbocycles. The summed E-state index contributed by atoms with van der Waals surface area (Å²) in [6, 6.07) is 0. The molecule has 0 saturated heterocycles. The van der Waals surface area contributed by atoms with Gasteiger partial charge in [-0.3, -0.25) is 4.79 Å². The van der Waals surface area contributed by atoms with E-state index in [4.69, 9.17) is 24.5 Å². The van der Waals surface area contributed by atoms with Crippen molar-refractivity contribution in [3.8, 4) is 0 Å². The number of anilines is 1. The summed E-state index contributed by atoms with van der Waals surface area (Å²) in [6.45, 7) is 3.35. The second-order valence-corrected chi connectivity index (χ2v) is 9.03. The third-order valence-electron chi connectivity index (χ3n) is 5.53. The lowest BCUT2D eigenvalue weighted by atomic mass is 9.89. The Labute approximate surface area is 191 Å². The Kier molecular flexibility index (Phi) is 10.6. The molecule has 2 aliphatic carbocycles. The maximum absolute atomic E-state index is 12.4. The van der Waals surface area contributed by atoms with E-state index in [-0.39, 0.29) is 11.9 Å². The number of ether oxygens (including phenoxy) is 1. The standard InChI is InChI=1S/C20H30N2O3S.C2H2O4/c1-2-25-20(24)18-15-10-6-7-11-16(15)26-19(18)22-17(23)13-21-12-14-8-4-3-5-9-14;3-1(4)2(5)6/h14,21H,2-13H2,1H3,(H,22,23);(H,3,4)(H,5,6). The van der Waals surface area contributed by atoms with Gasteiger partial charge < -0.3 is 25.6 Å². The minimum Gasteiger partial charge on any atom is -0.473 e. The number of aryl methyl sites for hydroxylation is 1. The Balaban J connectivity index is 0.000000534. The summed E-state index contributed by atoms with van der Waals surface area (Å²) in [5.41, 5.74) is 1.68. The first kappa shape index (κ1) is 25.8. The van der Waals surface area contributed by atoms with Gasteiger partial charge in [-0.15, -0.1) is 11.3 Å². The fraction of sp³-hybridized carbons (Fsp3) is 0.636. The zero-order valence-electron chi connectivity index (χ0n) is 18.4. The van der Waals surface area contributed by atoms with Crippen LogP contribution in [0.25, 0.3) is 0 Å². The fourth-order valence-electron chi connectivity index (χ4n) is 4.03.